The summed E-state index contributed by atoms with van der Waals surface area (Å²) < 4.78 is 10.7. The molecule has 0 spiro atoms. The van der Waals surface area contributed by atoms with Crippen molar-refractivity contribution < 1.29 is 14.3 Å². The summed E-state index contributed by atoms with van der Waals surface area (Å²) in [4.78, 5) is 0. The monoisotopic (exact) mass is 309 g/mol. The molecule has 0 fully saturated rings. The van der Waals surface area contributed by atoms with Crippen molar-refractivity contribution in [2.24, 2.45) is 0 Å². The molecule has 0 aliphatic carbocycles. The first-order valence-corrected chi connectivity index (χ1v) is 7.35. The molecular formula is C16H20ClNO3. The number of aliphatic hydroxyl groups excluding tert-OH is 1. The lowest BCUT2D eigenvalue weighted by Crippen LogP contribution is -2.31. The Morgan fingerprint density at radius 2 is 2.05 bits per heavy atom. The van der Waals surface area contributed by atoms with Gasteiger partial charge in [-0.15, -0.1) is 0 Å². The topological polar surface area (TPSA) is 54.6 Å². The molecule has 0 amide bonds. The summed E-state index contributed by atoms with van der Waals surface area (Å²) >= 11 is 5.81. The lowest BCUT2D eigenvalue weighted by atomic mass is 10.2. The predicted octanol–water partition coefficient (Wildman–Crippen LogP) is 2.64. The highest BCUT2D eigenvalue weighted by Crippen LogP contribution is 2.10. The van der Waals surface area contributed by atoms with E-state index in [0.29, 0.717) is 24.8 Å². The largest absolute Gasteiger partial charge is 0.469 e. The SMILES string of the molecule is OC(CNCCc1ccco1)COCc1ccc(Cl)cc1. The normalized spacial score (nSPS) is 12.5. The number of rotatable bonds is 9. The van der Waals surface area contributed by atoms with Crippen LogP contribution in [0.5, 0.6) is 0 Å². The van der Waals surface area contributed by atoms with Crippen molar-refractivity contribution in [3.05, 3.63) is 59.0 Å². The highest BCUT2D eigenvalue weighted by atomic mass is 35.5. The number of aliphatic hydroxyl groups is 1. The van der Waals surface area contributed by atoms with E-state index in [-0.39, 0.29) is 0 Å². The van der Waals surface area contributed by atoms with Gasteiger partial charge in [0.2, 0.25) is 0 Å². The number of nitrogens with one attached hydrogen (secondary N) is 1. The van der Waals surface area contributed by atoms with Crippen LogP contribution in [0.3, 0.4) is 0 Å². The lowest BCUT2D eigenvalue weighted by Gasteiger charge is -2.12. The van der Waals surface area contributed by atoms with E-state index in [9.17, 15) is 5.11 Å². The van der Waals surface area contributed by atoms with Crippen molar-refractivity contribution in [1.29, 1.82) is 0 Å². The van der Waals surface area contributed by atoms with E-state index < -0.39 is 6.10 Å². The van der Waals surface area contributed by atoms with Crippen molar-refractivity contribution in [1.82, 2.24) is 5.32 Å². The van der Waals surface area contributed by atoms with E-state index in [0.717, 1.165) is 24.3 Å². The molecule has 1 heterocycles. The van der Waals surface area contributed by atoms with Gasteiger partial charge in [-0.25, -0.2) is 0 Å². The van der Waals surface area contributed by atoms with Gasteiger partial charge in [-0.1, -0.05) is 23.7 Å². The fraction of sp³-hybridized carbons (Fsp3) is 0.375. The second-order valence-corrected chi connectivity index (χ2v) is 5.27. The molecule has 114 valence electrons. The Kier molecular flexibility index (Phi) is 6.76. The summed E-state index contributed by atoms with van der Waals surface area (Å²) in [7, 11) is 0. The van der Waals surface area contributed by atoms with Gasteiger partial charge in [0.15, 0.2) is 0 Å². The van der Waals surface area contributed by atoms with Crippen LogP contribution in [0.15, 0.2) is 47.1 Å². The summed E-state index contributed by atoms with van der Waals surface area (Å²) in [6.45, 7) is 2.04. The first-order valence-electron chi connectivity index (χ1n) is 6.97. The van der Waals surface area contributed by atoms with E-state index in [1.807, 2.05) is 36.4 Å². The fourth-order valence-electron chi connectivity index (χ4n) is 1.89. The molecule has 2 rings (SSSR count). The second-order valence-electron chi connectivity index (χ2n) is 4.83. The highest BCUT2D eigenvalue weighted by molar-refractivity contribution is 6.30. The minimum absolute atomic E-state index is 0.302. The molecule has 0 radical (unpaired) electrons. The molecule has 0 saturated carbocycles. The summed E-state index contributed by atoms with van der Waals surface area (Å²) in [6.07, 6.45) is 1.95. The van der Waals surface area contributed by atoms with Crippen molar-refractivity contribution in [3.8, 4) is 0 Å². The van der Waals surface area contributed by atoms with Crippen molar-refractivity contribution in [2.75, 3.05) is 19.7 Å². The van der Waals surface area contributed by atoms with Crippen LogP contribution in [0.1, 0.15) is 11.3 Å². The van der Waals surface area contributed by atoms with Crippen molar-refractivity contribution in [3.63, 3.8) is 0 Å². The zero-order valence-corrected chi connectivity index (χ0v) is 12.6. The molecule has 5 heteroatoms. The van der Waals surface area contributed by atoms with Gasteiger partial charge in [0.1, 0.15) is 5.76 Å². The molecule has 2 aromatic rings. The molecule has 1 aromatic heterocycles. The van der Waals surface area contributed by atoms with E-state index in [1.165, 1.54) is 0 Å². The highest BCUT2D eigenvalue weighted by Gasteiger charge is 2.04. The lowest BCUT2D eigenvalue weighted by molar-refractivity contribution is 0.0290. The number of furan rings is 1. The van der Waals surface area contributed by atoms with Crippen LogP contribution in [0.2, 0.25) is 5.02 Å². The van der Waals surface area contributed by atoms with Crippen LogP contribution >= 0.6 is 11.6 Å². The fourth-order valence-corrected chi connectivity index (χ4v) is 2.01. The molecule has 0 aliphatic heterocycles. The quantitative estimate of drug-likeness (QED) is 0.699. The zero-order chi connectivity index (χ0) is 14.9. The van der Waals surface area contributed by atoms with Crippen LogP contribution in [-0.2, 0) is 17.8 Å². The molecule has 1 aromatic carbocycles. The van der Waals surface area contributed by atoms with Crippen molar-refractivity contribution in [2.45, 2.75) is 19.1 Å². The third-order valence-electron chi connectivity index (χ3n) is 3.00. The van der Waals surface area contributed by atoms with Crippen LogP contribution < -0.4 is 5.32 Å². The van der Waals surface area contributed by atoms with E-state index in [4.69, 9.17) is 20.8 Å². The molecule has 0 aliphatic rings. The summed E-state index contributed by atoms with van der Waals surface area (Å²) in [5, 5.41) is 13.7. The number of hydrogen-bond donors (Lipinski definition) is 2. The average molecular weight is 310 g/mol. The Morgan fingerprint density at radius 1 is 1.24 bits per heavy atom. The molecule has 1 unspecified atom stereocenters. The molecule has 2 N–H and O–H groups in total. The zero-order valence-electron chi connectivity index (χ0n) is 11.8. The van der Waals surface area contributed by atoms with Gasteiger partial charge in [0, 0.05) is 24.5 Å². The Labute approximate surface area is 129 Å². The summed E-state index contributed by atoms with van der Waals surface area (Å²) in [6, 6.07) is 11.3. The third-order valence-corrected chi connectivity index (χ3v) is 3.25. The average Bonchev–Trinajstić information content (AvgIpc) is 2.99. The first kappa shape index (κ1) is 16.0. The van der Waals surface area contributed by atoms with Gasteiger partial charge in [0.05, 0.1) is 25.6 Å². The van der Waals surface area contributed by atoms with Crippen LogP contribution in [0, 0.1) is 0 Å². The van der Waals surface area contributed by atoms with Crippen LogP contribution in [0.25, 0.3) is 0 Å². The second kappa shape index (κ2) is 8.85. The summed E-state index contributed by atoms with van der Waals surface area (Å²) in [5.41, 5.74) is 1.04. The number of benzene rings is 1. The molecule has 1 atom stereocenters. The van der Waals surface area contributed by atoms with E-state index in [1.54, 1.807) is 6.26 Å². The third kappa shape index (κ3) is 6.31. The number of ether oxygens (including phenoxy) is 1. The smallest absolute Gasteiger partial charge is 0.105 e. The van der Waals surface area contributed by atoms with Gasteiger partial charge in [0.25, 0.3) is 0 Å². The maximum atomic E-state index is 9.80. The predicted molar refractivity (Wildman–Crippen MR) is 82.4 cm³/mol. The molecule has 0 saturated heterocycles. The van der Waals surface area contributed by atoms with Gasteiger partial charge in [-0.05, 0) is 29.8 Å². The van der Waals surface area contributed by atoms with Crippen LogP contribution in [0.4, 0.5) is 0 Å². The molecule has 21 heavy (non-hydrogen) atoms. The van der Waals surface area contributed by atoms with E-state index in [2.05, 4.69) is 5.32 Å². The van der Waals surface area contributed by atoms with Gasteiger partial charge < -0.3 is 19.6 Å². The Morgan fingerprint density at radius 3 is 2.76 bits per heavy atom. The maximum Gasteiger partial charge on any atom is 0.105 e. The minimum Gasteiger partial charge on any atom is -0.469 e. The Bertz CT molecular complexity index is 499. The Balaban J connectivity index is 1.53. The number of halogens is 1. The minimum atomic E-state index is -0.520. The maximum absolute atomic E-state index is 9.80. The molecular weight excluding hydrogens is 290 g/mol. The Hall–Kier alpha value is -1.33. The van der Waals surface area contributed by atoms with Gasteiger partial charge >= 0.3 is 0 Å². The van der Waals surface area contributed by atoms with Gasteiger partial charge in [-0.3, -0.25) is 0 Å². The number of hydrogen-bond acceptors (Lipinski definition) is 4. The first-order chi connectivity index (χ1) is 10.2. The van der Waals surface area contributed by atoms with Gasteiger partial charge in [-0.2, -0.15) is 0 Å². The standard InChI is InChI=1S/C16H20ClNO3/c17-14-5-3-13(4-6-14)11-20-12-15(19)10-18-8-7-16-2-1-9-21-16/h1-6,9,15,18-19H,7-8,10-12H2. The van der Waals surface area contributed by atoms with Crippen molar-refractivity contribution >= 4 is 11.6 Å². The van der Waals surface area contributed by atoms with E-state index >= 15 is 0 Å². The van der Waals surface area contributed by atoms with Crippen LogP contribution in [-0.4, -0.2) is 30.9 Å². The summed E-state index contributed by atoms with van der Waals surface area (Å²) in [5.74, 6) is 0.941. The molecule has 4 nitrogen and oxygen atoms in total. The molecule has 0 bridgehead atoms.